The highest BCUT2D eigenvalue weighted by Crippen LogP contribution is 2.56. The van der Waals surface area contributed by atoms with Crippen molar-refractivity contribution in [3.63, 3.8) is 0 Å². The highest BCUT2D eigenvalue weighted by molar-refractivity contribution is 9.10. The van der Waals surface area contributed by atoms with E-state index < -0.39 is 0 Å². The lowest BCUT2D eigenvalue weighted by molar-refractivity contribution is 0.398. The van der Waals surface area contributed by atoms with Crippen LogP contribution in [0, 0.1) is 0 Å². The molecule has 0 heterocycles. The van der Waals surface area contributed by atoms with Crippen molar-refractivity contribution in [2.75, 3.05) is 0 Å². The largest absolute Gasteiger partial charge is 0.139 e. The van der Waals surface area contributed by atoms with Crippen molar-refractivity contribution < 1.29 is 0 Å². The molecule has 2 heteroatoms. The number of rotatable bonds is 14. The molecule has 0 radical (unpaired) electrons. The Hall–Kier alpha value is -1.54. The van der Waals surface area contributed by atoms with Crippen molar-refractivity contribution >= 4 is 40.0 Å². The maximum atomic E-state index is 3.98. The highest BCUT2D eigenvalue weighted by atomic mass is 79.9. The first-order valence-electron chi connectivity index (χ1n) is 14.5. The Balaban J connectivity index is 1.73. The van der Waals surface area contributed by atoms with Crippen LogP contribution in [-0.4, -0.2) is 7.85 Å². The fourth-order valence-corrected chi connectivity index (χ4v) is 7.07. The summed E-state index contributed by atoms with van der Waals surface area (Å²) < 4.78 is 1.26. The molecule has 0 N–H and O–H groups in total. The molecule has 0 nitrogen and oxygen atoms in total. The van der Waals surface area contributed by atoms with Crippen molar-refractivity contribution in [2.45, 2.75) is 109 Å². The zero-order valence-corrected chi connectivity index (χ0v) is 24.0. The molecular weight excluding hydrogens is 487 g/mol. The normalized spacial score (nSPS) is 13.8. The molecule has 3 aromatic carbocycles. The van der Waals surface area contributed by atoms with E-state index in [2.05, 4.69) is 86.2 Å². The van der Waals surface area contributed by atoms with Crippen LogP contribution >= 0.6 is 15.9 Å². The molecule has 0 fully saturated rings. The molecule has 0 aromatic heterocycles. The van der Waals surface area contributed by atoms with Gasteiger partial charge in [0.2, 0.25) is 0 Å². The molecule has 0 unspecified atom stereocenters. The zero-order chi connectivity index (χ0) is 24.7. The summed E-state index contributed by atoms with van der Waals surface area (Å²) in [6.07, 6.45) is 18.9. The molecule has 0 bridgehead atoms. The molecular formula is C33H44BBr. The summed E-state index contributed by atoms with van der Waals surface area (Å²) in [5.41, 5.74) is 7.75. The van der Waals surface area contributed by atoms with Gasteiger partial charge in [-0.1, -0.05) is 155 Å². The van der Waals surface area contributed by atoms with Gasteiger partial charge in [-0.15, -0.1) is 0 Å². The molecule has 0 amide bonds. The van der Waals surface area contributed by atoms with Gasteiger partial charge >= 0.3 is 0 Å². The van der Waals surface area contributed by atoms with Crippen LogP contribution < -0.4 is 5.46 Å². The van der Waals surface area contributed by atoms with E-state index >= 15 is 0 Å². The molecule has 0 saturated heterocycles. The van der Waals surface area contributed by atoms with Gasteiger partial charge < -0.3 is 0 Å². The summed E-state index contributed by atoms with van der Waals surface area (Å²) in [7, 11) is 2.28. The summed E-state index contributed by atoms with van der Waals surface area (Å²) in [5, 5.41) is 2.75. The second-order valence-electron chi connectivity index (χ2n) is 11.0. The minimum Gasteiger partial charge on any atom is -0.0886 e. The van der Waals surface area contributed by atoms with Crippen LogP contribution in [-0.2, 0) is 5.41 Å². The van der Waals surface area contributed by atoms with E-state index in [9.17, 15) is 0 Å². The first kappa shape index (κ1) is 26.5. The van der Waals surface area contributed by atoms with E-state index in [-0.39, 0.29) is 5.41 Å². The molecule has 0 atom stereocenters. The zero-order valence-electron chi connectivity index (χ0n) is 22.4. The number of hydrogen-bond acceptors (Lipinski definition) is 0. The SMILES string of the molecule is Bc1ccc2c(c1)C(CCCCCCCC)(CCCCCCCC)c1cc(Br)c3ccccc3c1-2. The van der Waals surface area contributed by atoms with E-state index in [1.807, 2.05) is 0 Å². The van der Waals surface area contributed by atoms with Crippen LogP contribution in [0.4, 0.5) is 0 Å². The molecule has 35 heavy (non-hydrogen) atoms. The van der Waals surface area contributed by atoms with Gasteiger partial charge in [-0.3, -0.25) is 0 Å². The van der Waals surface area contributed by atoms with Crippen molar-refractivity contribution in [3.8, 4) is 11.1 Å². The molecule has 3 aromatic rings. The van der Waals surface area contributed by atoms with Crippen LogP contribution in [0.1, 0.15) is 115 Å². The van der Waals surface area contributed by atoms with Crippen molar-refractivity contribution in [3.05, 3.63) is 64.1 Å². The average Bonchev–Trinajstić information content (AvgIpc) is 3.12. The molecule has 0 spiro atoms. The first-order valence-corrected chi connectivity index (χ1v) is 15.2. The van der Waals surface area contributed by atoms with E-state index in [4.69, 9.17) is 0 Å². The van der Waals surface area contributed by atoms with E-state index in [1.165, 1.54) is 122 Å². The Bertz CT molecular complexity index is 1100. The Kier molecular flexibility index (Phi) is 9.57. The number of unbranched alkanes of at least 4 members (excludes halogenated alkanes) is 10. The van der Waals surface area contributed by atoms with Gasteiger partial charge in [-0.05, 0) is 51.9 Å². The minimum atomic E-state index is 0.152. The number of hydrogen-bond donors (Lipinski definition) is 0. The second kappa shape index (κ2) is 12.6. The van der Waals surface area contributed by atoms with Gasteiger partial charge in [0.05, 0.1) is 0 Å². The fourth-order valence-electron chi connectivity index (χ4n) is 6.49. The predicted octanol–water partition coefficient (Wildman–Crippen LogP) is 9.63. The Morgan fingerprint density at radius 2 is 1.23 bits per heavy atom. The first-order chi connectivity index (χ1) is 17.1. The van der Waals surface area contributed by atoms with Gasteiger partial charge in [0.1, 0.15) is 7.85 Å². The van der Waals surface area contributed by atoms with Crippen molar-refractivity contribution in [1.29, 1.82) is 0 Å². The van der Waals surface area contributed by atoms with Gasteiger partial charge in [0, 0.05) is 9.89 Å². The molecule has 0 saturated carbocycles. The van der Waals surface area contributed by atoms with Crippen LogP contribution in [0.15, 0.2) is 53.0 Å². The monoisotopic (exact) mass is 530 g/mol. The Morgan fingerprint density at radius 3 is 1.86 bits per heavy atom. The van der Waals surface area contributed by atoms with Gasteiger partial charge in [0.25, 0.3) is 0 Å². The number of fused-ring (bicyclic) bond motifs is 5. The minimum absolute atomic E-state index is 0.152. The fraction of sp³-hybridized carbons (Fsp3) is 0.515. The lowest BCUT2D eigenvalue weighted by atomic mass is 9.69. The van der Waals surface area contributed by atoms with Gasteiger partial charge in [0.15, 0.2) is 0 Å². The standard InChI is InChI=1S/C33H44BBr/c1-3-5-7-9-11-15-21-33(22-16-12-10-8-6-4-2)29-23-25(34)19-20-28(29)32-27-18-14-13-17-26(27)31(35)24-30(32)33/h13-14,17-20,23-24H,3-12,15-16,21-22,34H2,1-2H3. The second-order valence-corrected chi connectivity index (χ2v) is 11.8. The lowest BCUT2D eigenvalue weighted by Gasteiger charge is -2.33. The summed E-state index contributed by atoms with van der Waals surface area (Å²) in [6, 6.07) is 18.8. The average molecular weight is 531 g/mol. The summed E-state index contributed by atoms with van der Waals surface area (Å²) in [4.78, 5) is 0. The molecule has 0 aliphatic heterocycles. The lowest BCUT2D eigenvalue weighted by Crippen LogP contribution is -2.26. The summed E-state index contributed by atoms with van der Waals surface area (Å²) in [6.45, 7) is 4.62. The Morgan fingerprint density at radius 1 is 0.657 bits per heavy atom. The van der Waals surface area contributed by atoms with E-state index in [0.29, 0.717) is 0 Å². The molecule has 1 aliphatic carbocycles. The molecule has 4 rings (SSSR count). The molecule has 1 aliphatic rings. The summed E-state index contributed by atoms with van der Waals surface area (Å²) >= 11 is 3.98. The molecule has 186 valence electrons. The smallest absolute Gasteiger partial charge is 0.0886 e. The van der Waals surface area contributed by atoms with Gasteiger partial charge in [-0.25, -0.2) is 0 Å². The van der Waals surface area contributed by atoms with Crippen LogP contribution in [0.3, 0.4) is 0 Å². The summed E-state index contributed by atoms with van der Waals surface area (Å²) in [5.74, 6) is 0. The number of halogens is 1. The van der Waals surface area contributed by atoms with Crippen LogP contribution in [0.2, 0.25) is 0 Å². The Labute approximate surface area is 223 Å². The van der Waals surface area contributed by atoms with Crippen molar-refractivity contribution in [2.24, 2.45) is 0 Å². The maximum absolute atomic E-state index is 3.98. The van der Waals surface area contributed by atoms with E-state index in [1.54, 1.807) is 11.1 Å². The third-order valence-corrected chi connectivity index (χ3v) is 9.04. The van der Waals surface area contributed by atoms with Crippen molar-refractivity contribution in [1.82, 2.24) is 0 Å². The highest BCUT2D eigenvalue weighted by Gasteiger charge is 2.43. The quantitative estimate of drug-likeness (QED) is 0.144. The number of benzene rings is 3. The van der Waals surface area contributed by atoms with E-state index in [0.717, 1.165) is 0 Å². The third kappa shape index (κ3) is 5.74. The topological polar surface area (TPSA) is 0 Å². The van der Waals surface area contributed by atoms with Crippen LogP contribution in [0.5, 0.6) is 0 Å². The predicted molar refractivity (Wildman–Crippen MR) is 162 cm³/mol. The third-order valence-electron chi connectivity index (χ3n) is 8.38. The van der Waals surface area contributed by atoms with Crippen LogP contribution in [0.25, 0.3) is 21.9 Å². The van der Waals surface area contributed by atoms with Gasteiger partial charge in [-0.2, -0.15) is 0 Å². The maximum Gasteiger partial charge on any atom is 0.139 e.